The van der Waals surface area contributed by atoms with Gasteiger partial charge in [-0.25, -0.2) is 0 Å². The molecule has 6 heteroatoms. The number of likely N-dealkylation sites (tertiary alicyclic amines) is 1. The third-order valence-electron chi connectivity index (χ3n) is 5.04. The normalized spacial score (nSPS) is 20.1. The van der Waals surface area contributed by atoms with Crippen molar-refractivity contribution in [3.63, 3.8) is 0 Å². The summed E-state index contributed by atoms with van der Waals surface area (Å²) in [6.45, 7) is 5.54. The van der Waals surface area contributed by atoms with Crippen molar-refractivity contribution in [1.82, 2.24) is 10.2 Å². The van der Waals surface area contributed by atoms with E-state index in [2.05, 4.69) is 15.2 Å². The van der Waals surface area contributed by atoms with Crippen LogP contribution in [-0.2, 0) is 9.47 Å². The monoisotopic (exact) mass is 439 g/mol. The van der Waals surface area contributed by atoms with Gasteiger partial charge in [0.25, 0.3) is 0 Å². The Morgan fingerprint density at radius 2 is 1.91 bits per heavy atom. The Bertz CT molecular complexity index is 347. The summed E-state index contributed by atoms with van der Waals surface area (Å²) < 4.78 is 10.4. The molecule has 0 aromatic heterocycles. The number of hydrogen-bond donors (Lipinski definition) is 1. The van der Waals surface area contributed by atoms with Crippen molar-refractivity contribution in [3.8, 4) is 0 Å². The lowest BCUT2D eigenvalue weighted by Crippen LogP contribution is -2.41. The second-order valence-electron chi connectivity index (χ2n) is 6.66. The Labute approximate surface area is 158 Å². The molecule has 0 aromatic carbocycles. The molecule has 2 aliphatic rings. The molecule has 23 heavy (non-hydrogen) atoms. The van der Waals surface area contributed by atoms with Crippen LogP contribution in [0.5, 0.6) is 0 Å². The first-order valence-electron chi connectivity index (χ1n) is 8.82. The van der Waals surface area contributed by atoms with Crippen LogP contribution in [0.15, 0.2) is 4.99 Å². The minimum atomic E-state index is 0. The summed E-state index contributed by atoms with van der Waals surface area (Å²) >= 11 is 0. The fourth-order valence-electron chi connectivity index (χ4n) is 3.75. The molecule has 0 aromatic rings. The molecule has 0 atom stereocenters. The van der Waals surface area contributed by atoms with Gasteiger partial charge in [-0.1, -0.05) is 12.8 Å². The van der Waals surface area contributed by atoms with Crippen LogP contribution in [0.3, 0.4) is 0 Å². The summed E-state index contributed by atoms with van der Waals surface area (Å²) in [5, 5.41) is 3.52. The molecular formula is C17H34IN3O2. The summed E-state index contributed by atoms with van der Waals surface area (Å²) in [7, 11) is 3.60. The Balaban J connectivity index is 0.00000264. The predicted octanol–water partition coefficient (Wildman–Crippen LogP) is 2.89. The molecule has 0 bridgehead atoms. The van der Waals surface area contributed by atoms with Crippen LogP contribution in [0.4, 0.5) is 0 Å². The number of rotatable bonds is 8. The van der Waals surface area contributed by atoms with E-state index in [0.29, 0.717) is 18.6 Å². The highest BCUT2D eigenvalue weighted by Gasteiger charge is 2.40. The van der Waals surface area contributed by atoms with Gasteiger partial charge in [-0.15, -0.1) is 24.0 Å². The smallest absolute Gasteiger partial charge is 0.193 e. The van der Waals surface area contributed by atoms with Gasteiger partial charge >= 0.3 is 0 Å². The molecule has 1 saturated heterocycles. The van der Waals surface area contributed by atoms with Crippen LogP contribution >= 0.6 is 24.0 Å². The van der Waals surface area contributed by atoms with Crippen LogP contribution < -0.4 is 5.32 Å². The highest BCUT2D eigenvalue weighted by molar-refractivity contribution is 14.0. The topological polar surface area (TPSA) is 46.1 Å². The lowest BCUT2D eigenvalue weighted by molar-refractivity contribution is 0.0689. The summed E-state index contributed by atoms with van der Waals surface area (Å²) in [5.74, 6) is 1.09. The Hall–Kier alpha value is -0.0800. The van der Waals surface area contributed by atoms with Gasteiger partial charge in [0.05, 0.1) is 13.2 Å². The van der Waals surface area contributed by atoms with E-state index in [-0.39, 0.29) is 24.0 Å². The van der Waals surface area contributed by atoms with E-state index in [0.717, 1.165) is 32.0 Å². The van der Waals surface area contributed by atoms with Crippen molar-refractivity contribution >= 4 is 29.9 Å². The molecule has 1 aliphatic carbocycles. The number of unbranched alkanes of at least 4 members (excludes halogenated alkanes) is 1. The molecule has 0 amide bonds. The number of methoxy groups -OCH3 is 1. The van der Waals surface area contributed by atoms with Crippen LogP contribution in [-0.4, -0.2) is 64.5 Å². The molecule has 1 spiro atoms. The number of hydrogen-bond acceptors (Lipinski definition) is 3. The predicted molar refractivity (Wildman–Crippen MR) is 106 cm³/mol. The summed E-state index contributed by atoms with van der Waals surface area (Å²) in [6, 6.07) is 0. The minimum Gasteiger partial charge on any atom is -0.382 e. The number of guanidine groups is 1. The maximum atomic E-state index is 5.48. The van der Waals surface area contributed by atoms with Crippen LogP contribution in [0.1, 0.15) is 44.9 Å². The number of halogens is 1. The fraction of sp³-hybridized carbons (Fsp3) is 0.941. The van der Waals surface area contributed by atoms with Gasteiger partial charge in [-0.3, -0.25) is 4.99 Å². The van der Waals surface area contributed by atoms with Crippen molar-refractivity contribution in [3.05, 3.63) is 0 Å². The van der Waals surface area contributed by atoms with Gasteiger partial charge < -0.3 is 19.7 Å². The molecule has 1 heterocycles. The van der Waals surface area contributed by atoms with E-state index in [9.17, 15) is 0 Å². The quantitative estimate of drug-likeness (QED) is 0.274. The Morgan fingerprint density at radius 1 is 1.13 bits per heavy atom. The Kier molecular flexibility index (Phi) is 10.5. The summed E-state index contributed by atoms with van der Waals surface area (Å²) in [4.78, 5) is 6.93. The first kappa shape index (κ1) is 21.0. The van der Waals surface area contributed by atoms with Crippen molar-refractivity contribution in [2.24, 2.45) is 10.4 Å². The van der Waals surface area contributed by atoms with Crippen molar-refractivity contribution in [1.29, 1.82) is 0 Å². The molecule has 2 rings (SSSR count). The number of aliphatic imine (C=N–C) groups is 1. The fourth-order valence-corrected chi connectivity index (χ4v) is 3.75. The molecule has 5 nitrogen and oxygen atoms in total. The van der Waals surface area contributed by atoms with Gasteiger partial charge in [0, 0.05) is 40.4 Å². The standard InChI is InChI=1S/C17H33N3O2.HI/c1-18-16(19-10-5-6-12-22-14-13-21-2)20-11-9-17(15-20)7-3-4-8-17;/h3-15H2,1-2H3,(H,18,19);1H. The van der Waals surface area contributed by atoms with E-state index in [1.807, 2.05) is 7.05 Å². The van der Waals surface area contributed by atoms with Crippen LogP contribution in [0.2, 0.25) is 0 Å². The zero-order valence-electron chi connectivity index (χ0n) is 14.8. The summed E-state index contributed by atoms with van der Waals surface area (Å²) in [6.07, 6.45) is 9.22. The van der Waals surface area contributed by atoms with Gasteiger partial charge in [0.2, 0.25) is 0 Å². The van der Waals surface area contributed by atoms with Gasteiger partial charge in [0.1, 0.15) is 0 Å². The average Bonchev–Trinajstić information content (AvgIpc) is 3.16. The zero-order valence-corrected chi connectivity index (χ0v) is 17.1. The third-order valence-corrected chi connectivity index (χ3v) is 5.04. The molecule has 0 radical (unpaired) electrons. The maximum Gasteiger partial charge on any atom is 0.193 e. The first-order chi connectivity index (χ1) is 10.8. The lowest BCUT2D eigenvalue weighted by atomic mass is 9.86. The van der Waals surface area contributed by atoms with E-state index >= 15 is 0 Å². The maximum absolute atomic E-state index is 5.48. The highest BCUT2D eigenvalue weighted by atomic mass is 127. The largest absolute Gasteiger partial charge is 0.382 e. The number of nitrogens with one attached hydrogen (secondary N) is 1. The SMILES string of the molecule is CN=C(NCCCCOCCOC)N1CCC2(CCCC2)C1.I. The molecule has 1 aliphatic heterocycles. The van der Waals surface area contributed by atoms with Crippen LogP contribution in [0.25, 0.3) is 0 Å². The van der Waals surface area contributed by atoms with Crippen LogP contribution in [0, 0.1) is 5.41 Å². The second-order valence-corrected chi connectivity index (χ2v) is 6.66. The zero-order chi connectivity index (χ0) is 15.7. The molecule has 136 valence electrons. The lowest BCUT2D eigenvalue weighted by Gasteiger charge is -2.25. The minimum absolute atomic E-state index is 0. The molecular weight excluding hydrogens is 405 g/mol. The molecule has 1 saturated carbocycles. The van der Waals surface area contributed by atoms with Gasteiger partial charge in [-0.2, -0.15) is 0 Å². The van der Waals surface area contributed by atoms with Crippen molar-refractivity contribution in [2.45, 2.75) is 44.9 Å². The third kappa shape index (κ3) is 6.74. The number of ether oxygens (including phenoxy) is 2. The average molecular weight is 439 g/mol. The highest BCUT2D eigenvalue weighted by Crippen LogP contribution is 2.45. The Morgan fingerprint density at radius 3 is 2.61 bits per heavy atom. The van der Waals surface area contributed by atoms with Crippen molar-refractivity contribution < 1.29 is 9.47 Å². The number of nitrogens with zero attached hydrogens (tertiary/aromatic N) is 2. The van der Waals surface area contributed by atoms with E-state index in [1.165, 1.54) is 45.2 Å². The summed E-state index contributed by atoms with van der Waals surface area (Å²) in [5.41, 5.74) is 0.604. The van der Waals surface area contributed by atoms with E-state index in [1.54, 1.807) is 7.11 Å². The first-order valence-corrected chi connectivity index (χ1v) is 8.82. The van der Waals surface area contributed by atoms with Gasteiger partial charge in [-0.05, 0) is 37.5 Å². The molecule has 1 N–H and O–H groups in total. The van der Waals surface area contributed by atoms with E-state index in [4.69, 9.17) is 9.47 Å². The molecule has 0 unspecified atom stereocenters. The van der Waals surface area contributed by atoms with E-state index < -0.39 is 0 Å². The van der Waals surface area contributed by atoms with Crippen molar-refractivity contribution in [2.75, 3.05) is 53.6 Å². The molecule has 2 fully saturated rings. The van der Waals surface area contributed by atoms with Gasteiger partial charge in [0.15, 0.2) is 5.96 Å². The second kappa shape index (κ2) is 11.5.